The molecule has 0 N–H and O–H groups in total. The van der Waals surface area contributed by atoms with Crippen LogP contribution in [0, 0.1) is 11.9 Å². The summed E-state index contributed by atoms with van der Waals surface area (Å²) in [4.78, 5) is 18.5. The van der Waals surface area contributed by atoms with Gasteiger partial charge in [-0.25, -0.2) is 4.98 Å². The summed E-state index contributed by atoms with van der Waals surface area (Å²) in [7, 11) is 2.18. The lowest BCUT2D eigenvalue weighted by Crippen LogP contribution is -2.51. The Morgan fingerprint density at radius 2 is 2.00 bits per heavy atom. The molecule has 3 rings (SSSR count). The quantitative estimate of drug-likeness (QED) is 0.607. The zero-order valence-corrected chi connectivity index (χ0v) is 11.2. The zero-order valence-electron chi connectivity index (χ0n) is 11.2. The first-order chi connectivity index (χ1) is 9.15. The van der Waals surface area contributed by atoms with Gasteiger partial charge in [0, 0.05) is 29.8 Å². The fourth-order valence-electron chi connectivity index (χ4n) is 3.59. The molecule has 3 heterocycles. The molecule has 2 atom stereocenters. The Balaban J connectivity index is 1.76. The topological polar surface area (TPSA) is 33.2 Å². The van der Waals surface area contributed by atoms with Crippen molar-refractivity contribution in [3.8, 4) is 0 Å². The molecule has 4 heteroatoms. The summed E-state index contributed by atoms with van der Waals surface area (Å²) in [5.41, 5.74) is 0.550. The number of nitrogens with zero attached hydrogens (tertiary/aromatic N) is 2. The predicted octanol–water partition coefficient (Wildman–Crippen LogP) is 2.67. The van der Waals surface area contributed by atoms with Crippen molar-refractivity contribution in [3.63, 3.8) is 0 Å². The Morgan fingerprint density at radius 1 is 1.32 bits per heavy atom. The molecule has 2 aliphatic rings. The van der Waals surface area contributed by atoms with Crippen LogP contribution in [0.25, 0.3) is 0 Å². The summed E-state index contributed by atoms with van der Waals surface area (Å²) < 4.78 is 12.8. The second-order valence-electron chi connectivity index (χ2n) is 5.81. The molecule has 2 unspecified atom stereocenters. The zero-order chi connectivity index (χ0) is 13.4. The Bertz CT molecular complexity index is 460. The third-order valence-electron chi connectivity index (χ3n) is 4.72. The molecule has 2 aliphatic heterocycles. The maximum atomic E-state index is 12.8. The van der Waals surface area contributed by atoms with Crippen molar-refractivity contribution in [1.82, 2.24) is 9.88 Å². The monoisotopic (exact) mass is 262 g/mol. The lowest BCUT2D eigenvalue weighted by Gasteiger charge is -2.46. The van der Waals surface area contributed by atoms with E-state index in [1.807, 2.05) is 0 Å². The molecule has 2 bridgehead atoms. The van der Waals surface area contributed by atoms with Crippen molar-refractivity contribution in [2.45, 2.75) is 44.2 Å². The van der Waals surface area contributed by atoms with Crippen LogP contribution in [-0.2, 0) is 0 Å². The molecule has 1 aromatic rings. The average Bonchev–Trinajstić information content (AvgIpc) is 2.38. The van der Waals surface area contributed by atoms with Crippen LogP contribution in [0.15, 0.2) is 18.3 Å². The highest BCUT2D eigenvalue weighted by atomic mass is 19.1. The van der Waals surface area contributed by atoms with Crippen LogP contribution >= 0.6 is 0 Å². The molecular formula is C15H19FN2O. The number of rotatable bonds is 2. The molecule has 0 saturated carbocycles. The molecule has 0 amide bonds. The van der Waals surface area contributed by atoms with E-state index in [1.165, 1.54) is 31.5 Å². The van der Waals surface area contributed by atoms with Crippen LogP contribution in [0.5, 0.6) is 0 Å². The van der Waals surface area contributed by atoms with E-state index >= 15 is 0 Å². The number of aromatic nitrogens is 1. The lowest BCUT2D eigenvalue weighted by molar-refractivity contribution is 0.0338. The summed E-state index contributed by atoms with van der Waals surface area (Å²) >= 11 is 0. The fraction of sp³-hybridized carbons (Fsp3) is 0.600. The number of fused-ring (bicyclic) bond motifs is 2. The smallest absolute Gasteiger partial charge is 0.212 e. The van der Waals surface area contributed by atoms with Gasteiger partial charge < -0.3 is 4.90 Å². The van der Waals surface area contributed by atoms with Gasteiger partial charge in [-0.1, -0.05) is 6.42 Å². The Morgan fingerprint density at radius 3 is 2.58 bits per heavy atom. The van der Waals surface area contributed by atoms with Gasteiger partial charge in [0.05, 0.1) is 0 Å². The molecule has 19 heavy (non-hydrogen) atoms. The van der Waals surface area contributed by atoms with E-state index in [0.717, 1.165) is 12.8 Å². The number of halogens is 1. The van der Waals surface area contributed by atoms with Crippen LogP contribution in [0.3, 0.4) is 0 Å². The minimum atomic E-state index is -0.531. The summed E-state index contributed by atoms with van der Waals surface area (Å²) in [5, 5.41) is 0. The van der Waals surface area contributed by atoms with Crippen molar-refractivity contribution < 1.29 is 9.18 Å². The van der Waals surface area contributed by atoms with Crippen molar-refractivity contribution in [2.75, 3.05) is 7.05 Å². The van der Waals surface area contributed by atoms with Crippen LogP contribution in [0.1, 0.15) is 42.5 Å². The largest absolute Gasteiger partial charge is 0.300 e. The van der Waals surface area contributed by atoms with Gasteiger partial charge in [0.15, 0.2) is 5.78 Å². The van der Waals surface area contributed by atoms with Gasteiger partial charge in [0.1, 0.15) is 0 Å². The van der Waals surface area contributed by atoms with Gasteiger partial charge in [0.25, 0.3) is 0 Å². The van der Waals surface area contributed by atoms with E-state index in [1.54, 1.807) is 6.07 Å². The summed E-state index contributed by atoms with van der Waals surface area (Å²) in [5.74, 6) is -0.312. The second-order valence-corrected chi connectivity index (χ2v) is 5.81. The number of piperidine rings is 2. The van der Waals surface area contributed by atoms with E-state index < -0.39 is 5.95 Å². The molecule has 1 aromatic heterocycles. The highest BCUT2D eigenvalue weighted by Crippen LogP contribution is 2.37. The van der Waals surface area contributed by atoms with Gasteiger partial charge in [-0.05, 0) is 44.9 Å². The number of carbonyl (C=O) groups excluding carboxylic acids is 1. The normalized spacial score (nSPS) is 31.2. The van der Waals surface area contributed by atoms with Crippen molar-refractivity contribution in [3.05, 3.63) is 29.8 Å². The highest BCUT2D eigenvalue weighted by molar-refractivity contribution is 5.97. The van der Waals surface area contributed by atoms with Gasteiger partial charge in [-0.15, -0.1) is 0 Å². The maximum absolute atomic E-state index is 12.8. The molecule has 2 saturated heterocycles. The van der Waals surface area contributed by atoms with Crippen LogP contribution in [0.4, 0.5) is 4.39 Å². The molecule has 3 nitrogen and oxygen atoms in total. The standard InChI is InChI=1S/C15H19FN2O/c1-18-12-3-2-4-13(18)8-11(7-12)15(19)10-5-6-14(16)17-9-10/h5-6,9,11-13H,2-4,7-8H2,1H3. The van der Waals surface area contributed by atoms with E-state index in [9.17, 15) is 9.18 Å². The molecule has 0 aliphatic carbocycles. The Labute approximate surface area is 112 Å². The first-order valence-electron chi connectivity index (χ1n) is 7.03. The van der Waals surface area contributed by atoms with Gasteiger partial charge in [-0.2, -0.15) is 4.39 Å². The van der Waals surface area contributed by atoms with Crippen LogP contribution < -0.4 is 0 Å². The third-order valence-corrected chi connectivity index (χ3v) is 4.72. The Kier molecular flexibility index (Phi) is 3.35. The Hall–Kier alpha value is -1.29. The fourth-order valence-corrected chi connectivity index (χ4v) is 3.59. The third kappa shape index (κ3) is 2.41. The van der Waals surface area contributed by atoms with Crippen LogP contribution in [0.2, 0.25) is 0 Å². The van der Waals surface area contributed by atoms with Gasteiger partial charge in [0.2, 0.25) is 5.95 Å². The van der Waals surface area contributed by atoms with Crippen molar-refractivity contribution in [2.24, 2.45) is 5.92 Å². The minimum absolute atomic E-state index is 0.0822. The molecule has 0 spiro atoms. The number of hydrogen-bond acceptors (Lipinski definition) is 3. The first kappa shape index (κ1) is 12.7. The molecule has 0 radical (unpaired) electrons. The second kappa shape index (κ2) is 5.00. The molecular weight excluding hydrogens is 243 g/mol. The maximum Gasteiger partial charge on any atom is 0.212 e. The van der Waals surface area contributed by atoms with Crippen molar-refractivity contribution >= 4 is 5.78 Å². The summed E-state index contributed by atoms with van der Waals surface area (Å²) in [6, 6.07) is 3.90. The SMILES string of the molecule is CN1C2CCCC1CC(C(=O)c1ccc(F)nc1)C2. The van der Waals surface area contributed by atoms with Gasteiger partial charge >= 0.3 is 0 Å². The number of ketones is 1. The predicted molar refractivity (Wildman–Crippen MR) is 70.4 cm³/mol. The van der Waals surface area contributed by atoms with E-state index in [-0.39, 0.29) is 11.7 Å². The number of pyridine rings is 1. The van der Waals surface area contributed by atoms with E-state index in [2.05, 4.69) is 16.9 Å². The first-order valence-corrected chi connectivity index (χ1v) is 7.03. The molecule has 0 aromatic carbocycles. The number of carbonyl (C=O) groups is 1. The van der Waals surface area contributed by atoms with E-state index in [0.29, 0.717) is 17.6 Å². The van der Waals surface area contributed by atoms with Crippen molar-refractivity contribution in [1.29, 1.82) is 0 Å². The van der Waals surface area contributed by atoms with Crippen LogP contribution in [-0.4, -0.2) is 34.8 Å². The lowest BCUT2D eigenvalue weighted by atomic mass is 9.76. The highest BCUT2D eigenvalue weighted by Gasteiger charge is 2.38. The average molecular weight is 262 g/mol. The minimum Gasteiger partial charge on any atom is -0.300 e. The van der Waals surface area contributed by atoms with Gasteiger partial charge in [-0.3, -0.25) is 4.79 Å². The molecule has 2 fully saturated rings. The molecule has 102 valence electrons. The van der Waals surface area contributed by atoms with E-state index in [4.69, 9.17) is 0 Å². The number of Topliss-reactive ketones (excluding diaryl/α,β-unsaturated/α-hetero) is 1. The summed E-state index contributed by atoms with van der Waals surface area (Å²) in [6.45, 7) is 0. The number of hydrogen-bond donors (Lipinski definition) is 0. The summed E-state index contributed by atoms with van der Waals surface area (Å²) in [6.07, 6.45) is 6.90.